The summed E-state index contributed by atoms with van der Waals surface area (Å²) >= 11 is 0. The van der Waals surface area contributed by atoms with Crippen LogP contribution in [0.1, 0.15) is 62.2 Å². The Hall–Kier alpha value is -4.48. The van der Waals surface area contributed by atoms with Crippen LogP contribution in [0.2, 0.25) is 0 Å². The largest absolute Gasteiger partial charge is 0.454 e. The molecule has 11 heteroatoms. The molecule has 0 bridgehead atoms. The molecule has 1 aliphatic carbocycles. The van der Waals surface area contributed by atoms with Gasteiger partial charge in [-0.05, 0) is 36.8 Å². The van der Waals surface area contributed by atoms with E-state index in [1.807, 2.05) is 30.3 Å². The van der Waals surface area contributed by atoms with Gasteiger partial charge in [0.15, 0.2) is 0 Å². The molecule has 0 aromatic heterocycles. The molecule has 1 fully saturated rings. The number of carbonyl (C=O) groups excluding carboxylic acids is 4. The molecule has 0 unspecified atom stereocenters. The predicted molar refractivity (Wildman–Crippen MR) is 177 cm³/mol. The molecule has 0 heterocycles. The van der Waals surface area contributed by atoms with Crippen LogP contribution in [0.3, 0.4) is 0 Å². The lowest BCUT2D eigenvalue weighted by Gasteiger charge is -2.31. The molecule has 4 N–H and O–H groups in total. The van der Waals surface area contributed by atoms with Crippen molar-refractivity contribution in [3.8, 4) is 0 Å². The molecule has 1 saturated carbocycles. The van der Waals surface area contributed by atoms with Gasteiger partial charge in [0.05, 0.1) is 30.7 Å². The van der Waals surface area contributed by atoms with E-state index in [0.717, 1.165) is 18.4 Å². The standard InChI is InChI=1S/C36H47N3O8/c1-4-14-28(22-31(41)39-36(25-40)20-12-13-21-36)33(42)37-30(24-45-3)32(27-18-10-7-11-19-27)47-34(43)29(15-5-2)38-35(44)46-23-26-16-8-6-9-17-26/h4-11,16-19,28-30,32,40H,1-2,12-15,20-25H2,3H3,(H,37,42)(H,38,44)(H,39,41)/t28-,29-,30+,32+/m1/s1. The summed E-state index contributed by atoms with van der Waals surface area (Å²) in [5.41, 5.74) is 0.698. The van der Waals surface area contributed by atoms with Gasteiger partial charge in [0, 0.05) is 13.5 Å². The maximum Gasteiger partial charge on any atom is 0.408 e. The second kappa shape index (κ2) is 19.2. The summed E-state index contributed by atoms with van der Waals surface area (Å²) < 4.78 is 16.7. The topological polar surface area (TPSA) is 152 Å². The van der Waals surface area contributed by atoms with Gasteiger partial charge in [-0.25, -0.2) is 9.59 Å². The second-order valence-corrected chi connectivity index (χ2v) is 11.7. The number of alkyl carbamates (subject to hydrolysis) is 1. The van der Waals surface area contributed by atoms with E-state index in [1.54, 1.807) is 36.4 Å². The first kappa shape index (κ1) is 37.0. The molecule has 0 saturated heterocycles. The van der Waals surface area contributed by atoms with E-state index < -0.39 is 47.6 Å². The van der Waals surface area contributed by atoms with Gasteiger partial charge in [-0.3, -0.25) is 9.59 Å². The SMILES string of the molecule is C=CC[C@H](CC(=O)NC1(CO)CCCC1)C(=O)N[C@@H](COC)[C@@H](OC(=O)[C@@H](CC=C)NC(=O)OCc1ccccc1)c1ccccc1. The Kier molecular flexibility index (Phi) is 15.1. The molecular weight excluding hydrogens is 602 g/mol. The van der Waals surface area contributed by atoms with Crippen molar-refractivity contribution in [3.05, 3.63) is 97.1 Å². The molecule has 254 valence electrons. The number of ether oxygens (including phenoxy) is 3. The van der Waals surface area contributed by atoms with Crippen molar-refractivity contribution in [3.63, 3.8) is 0 Å². The first-order valence-electron chi connectivity index (χ1n) is 15.9. The van der Waals surface area contributed by atoms with Crippen molar-refractivity contribution in [2.75, 3.05) is 20.3 Å². The van der Waals surface area contributed by atoms with Crippen LogP contribution in [0.4, 0.5) is 4.79 Å². The number of allylic oxidation sites excluding steroid dienone is 1. The summed E-state index contributed by atoms with van der Waals surface area (Å²) in [6.45, 7) is 7.27. The number of aliphatic hydroxyl groups excluding tert-OH is 1. The van der Waals surface area contributed by atoms with Crippen molar-refractivity contribution in [1.82, 2.24) is 16.0 Å². The Labute approximate surface area is 276 Å². The third-order valence-electron chi connectivity index (χ3n) is 8.12. The Bertz CT molecular complexity index is 1310. The van der Waals surface area contributed by atoms with E-state index >= 15 is 0 Å². The van der Waals surface area contributed by atoms with E-state index in [9.17, 15) is 24.3 Å². The predicted octanol–water partition coefficient (Wildman–Crippen LogP) is 4.28. The number of amides is 3. The van der Waals surface area contributed by atoms with Gasteiger partial charge >= 0.3 is 12.1 Å². The zero-order chi connectivity index (χ0) is 34.1. The minimum absolute atomic E-state index is 0.0159. The molecule has 1 aliphatic rings. The highest BCUT2D eigenvalue weighted by molar-refractivity contribution is 5.86. The number of methoxy groups -OCH3 is 1. The Balaban J connectivity index is 1.75. The fourth-order valence-electron chi connectivity index (χ4n) is 5.63. The molecule has 0 radical (unpaired) electrons. The highest BCUT2D eigenvalue weighted by atomic mass is 16.6. The lowest BCUT2D eigenvalue weighted by molar-refractivity contribution is -0.155. The molecule has 2 aromatic carbocycles. The van der Waals surface area contributed by atoms with Gasteiger partial charge < -0.3 is 35.3 Å². The number of aliphatic hydroxyl groups is 1. The van der Waals surface area contributed by atoms with E-state index in [2.05, 4.69) is 29.1 Å². The van der Waals surface area contributed by atoms with Gasteiger partial charge in [0.2, 0.25) is 11.8 Å². The Morgan fingerprint density at radius 2 is 1.57 bits per heavy atom. The number of rotatable bonds is 19. The van der Waals surface area contributed by atoms with Gasteiger partial charge in [-0.1, -0.05) is 85.7 Å². The van der Waals surface area contributed by atoms with Crippen LogP contribution >= 0.6 is 0 Å². The van der Waals surface area contributed by atoms with Crippen molar-refractivity contribution < 1.29 is 38.5 Å². The molecule has 3 amide bonds. The zero-order valence-electron chi connectivity index (χ0n) is 27.0. The second-order valence-electron chi connectivity index (χ2n) is 11.7. The monoisotopic (exact) mass is 649 g/mol. The van der Waals surface area contributed by atoms with Crippen LogP contribution in [0, 0.1) is 5.92 Å². The summed E-state index contributed by atoms with van der Waals surface area (Å²) in [5, 5.41) is 18.4. The summed E-state index contributed by atoms with van der Waals surface area (Å²) in [5.74, 6) is -2.33. The zero-order valence-corrected chi connectivity index (χ0v) is 27.0. The molecule has 0 aliphatic heterocycles. The lowest BCUT2D eigenvalue weighted by atomic mass is 9.95. The lowest BCUT2D eigenvalue weighted by Crippen LogP contribution is -2.51. The van der Waals surface area contributed by atoms with Crippen LogP contribution in [0.15, 0.2) is 86.0 Å². The number of esters is 1. The van der Waals surface area contributed by atoms with Gasteiger partial charge in [-0.15, -0.1) is 13.2 Å². The third-order valence-corrected chi connectivity index (χ3v) is 8.12. The van der Waals surface area contributed by atoms with E-state index in [0.29, 0.717) is 18.4 Å². The van der Waals surface area contributed by atoms with E-state index in [-0.39, 0.29) is 45.0 Å². The van der Waals surface area contributed by atoms with Gasteiger partial charge in [-0.2, -0.15) is 0 Å². The number of benzene rings is 2. The number of hydrogen-bond acceptors (Lipinski definition) is 8. The Morgan fingerprint density at radius 3 is 2.17 bits per heavy atom. The first-order chi connectivity index (χ1) is 22.7. The molecule has 4 atom stereocenters. The molecule has 11 nitrogen and oxygen atoms in total. The maximum absolute atomic E-state index is 13.7. The normalized spacial score (nSPS) is 16.0. The summed E-state index contributed by atoms with van der Waals surface area (Å²) in [6.07, 6.45) is 4.57. The van der Waals surface area contributed by atoms with Crippen LogP contribution < -0.4 is 16.0 Å². The molecular formula is C36H47N3O8. The fourth-order valence-corrected chi connectivity index (χ4v) is 5.63. The summed E-state index contributed by atoms with van der Waals surface area (Å²) in [6, 6.07) is 16.0. The molecule has 47 heavy (non-hydrogen) atoms. The number of carbonyl (C=O) groups is 4. The smallest absolute Gasteiger partial charge is 0.408 e. The van der Waals surface area contributed by atoms with Crippen LogP contribution in [0.5, 0.6) is 0 Å². The van der Waals surface area contributed by atoms with Gasteiger partial charge in [0.1, 0.15) is 18.8 Å². The van der Waals surface area contributed by atoms with Crippen LogP contribution in [-0.2, 0) is 35.2 Å². The minimum Gasteiger partial charge on any atom is -0.454 e. The molecule has 0 spiro atoms. The summed E-state index contributed by atoms with van der Waals surface area (Å²) in [7, 11) is 1.46. The third kappa shape index (κ3) is 11.7. The average Bonchev–Trinajstić information content (AvgIpc) is 3.55. The van der Waals surface area contributed by atoms with Crippen LogP contribution in [-0.4, -0.2) is 66.9 Å². The van der Waals surface area contributed by atoms with E-state index in [1.165, 1.54) is 13.2 Å². The van der Waals surface area contributed by atoms with Crippen LogP contribution in [0.25, 0.3) is 0 Å². The van der Waals surface area contributed by atoms with Gasteiger partial charge in [0.25, 0.3) is 0 Å². The summed E-state index contributed by atoms with van der Waals surface area (Å²) in [4.78, 5) is 52.9. The fraction of sp³-hybridized carbons (Fsp3) is 0.444. The van der Waals surface area contributed by atoms with Crippen molar-refractivity contribution >= 4 is 23.9 Å². The minimum atomic E-state index is -1.12. The number of hydrogen-bond donors (Lipinski definition) is 4. The number of nitrogens with one attached hydrogen (secondary N) is 3. The maximum atomic E-state index is 13.7. The van der Waals surface area contributed by atoms with Crippen molar-refractivity contribution in [2.45, 2.75) is 75.3 Å². The van der Waals surface area contributed by atoms with Crippen molar-refractivity contribution in [1.29, 1.82) is 0 Å². The molecule has 3 rings (SSSR count). The average molecular weight is 650 g/mol. The Morgan fingerprint density at radius 1 is 0.936 bits per heavy atom. The quantitative estimate of drug-likeness (QED) is 0.130. The molecule has 2 aromatic rings. The van der Waals surface area contributed by atoms with E-state index in [4.69, 9.17) is 14.2 Å². The highest BCUT2D eigenvalue weighted by Crippen LogP contribution is 2.30. The van der Waals surface area contributed by atoms with Crippen molar-refractivity contribution in [2.24, 2.45) is 5.92 Å². The first-order valence-corrected chi connectivity index (χ1v) is 15.9. The highest BCUT2D eigenvalue weighted by Gasteiger charge is 2.37.